The molecule has 1 heterocycles. The van der Waals surface area contributed by atoms with E-state index in [-0.39, 0.29) is 6.03 Å². The molecule has 1 aromatic heterocycles. The fraction of sp³-hybridized carbons (Fsp3) is 0.250. The zero-order valence-electron chi connectivity index (χ0n) is 15.8. The van der Waals surface area contributed by atoms with Crippen LogP contribution >= 0.6 is 11.6 Å². The second-order valence-corrected chi connectivity index (χ2v) is 7.02. The molecule has 27 heavy (non-hydrogen) atoms. The lowest BCUT2D eigenvalue weighted by atomic mass is 10.2. The summed E-state index contributed by atoms with van der Waals surface area (Å²) < 4.78 is 0. The van der Waals surface area contributed by atoms with E-state index in [4.69, 9.17) is 11.6 Å². The van der Waals surface area contributed by atoms with Gasteiger partial charge in [0.15, 0.2) is 0 Å². The molecule has 0 aliphatic heterocycles. The Balaban J connectivity index is 1.78. The molecule has 0 atom stereocenters. The van der Waals surface area contributed by atoms with Crippen LogP contribution in [0, 0.1) is 6.92 Å². The van der Waals surface area contributed by atoms with Gasteiger partial charge in [0, 0.05) is 37.2 Å². The van der Waals surface area contributed by atoms with Crippen LogP contribution in [0.3, 0.4) is 0 Å². The van der Waals surface area contributed by atoms with Gasteiger partial charge in [-0.25, -0.2) is 14.8 Å². The van der Waals surface area contributed by atoms with Crippen LogP contribution in [-0.4, -0.2) is 42.0 Å². The van der Waals surface area contributed by atoms with E-state index in [9.17, 15) is 4.79 Å². The van der Waals surface area contributed by atoms with E-state index in [1.807, 2.05) is 56.3 Å². The van der Waals surface area contributed by atoms with E-state index in [1.165, 1.54) is 0 Å². The van der Waals surface area contributed by atoms with Crippen LogP contribution in [0.5, 0.6) is 0 Å². The Hall–Kier alpha value is -2.86. The number of carbonyl (C=O) groups excluding carboxylic acids is 1. The minimum Gasteiger partial charge on any atom is -0.376 e. The van der Waals surface area contributed by atoms with Crippen LogP contribution in [0.15, 0.2) is 42.5 Å². The van der Waals surface area contributed by atoms with Crippen molar-refractivity contribution in [3.8, 4) is 0 Å². The fourth-order valence-corrected chi connectivity index (χ4v) is 3.03. The molecule has 0 radical (unpaired) electrons. The van der Waals surface area contributed by atoms with Crippen molar-refractivity contribution in [2.75, 3.05) is 31.4 Å². The van der Waals surface area contributed by atoms with Crippen molar-refractivity contribution < 1.29 is 4.79 Å². The highest BCUT2D eigenvalue weighted by Crippen LogP contribution is 2.28. The molecule has 7 heteroatoms. The molecule has 0 bridgehead atoms. The standard InChI is InChI=1S/C20H22ClN5O/c1-13-15-7-5-6-8-16(15)23-19(22-13)12-26(4)20(27)24-17-11-14(21)9-10-18(17)25(2)3/h5-11H,12H2,1-4H3,(H,24,27). The number of rotatable bonds is 4. The second kappa shape index (κ2) is 7.80. The molecule has 0 aliphatic carbocycles. The second-order valence-electron chi connectivity index (χ2n) is 6.58. The molecule has 6 nitrogen and oxygen atoms in total. The molecule has 2 aromatic carbocycles. The number of halogens is 1. The summed E-state index contributed by atoms with van der Waals surface area (Å²) in [5.74, 6) is 0.600. The molecule has 0 aliphatic rings. The zero-order chi connectivity index (χ0) is 19.6. The number of amides is 2. The van der Waals surface area contributed by atoms with Gasteiger partial charge in [-0.3, -0.25) is 0 Å². The number of para-hydroxylation sites is 1. The normalized spacial score (nSPS) is 10.7. The lowest BCUT2D eigenvalue weighted by Gasteiger charge is -2.21. The average Bonchev–Trinajstić information content (AvgIpc) is 2.61. The number of hydrogen-bond donors (Lipinski definition) is 1. The number of urea groups is 1. The minimum atomic E-state index is -0.255. The maximum absolute atomic E-state index is 12.6. The number of fused-ring (bicyclic) bond motifs is 1. The summed E-state index contributed by atoms with van der Waals surface area (Å²) in [7, 11) is 5.53. The Morgan fingerprint density at radius 3 is 2.59 bits per heavy atom. The van der Waals surface area contributed by atoms with Crippen LogP contribution in [0.2, 0.25) is 5.02 Å². The van der Waals surface area contributed by atoms with Crippen molar-refractivity contribution >= 4 is 39.9 Å². The Morgan fingerprint density at radius 2 is 1.85 bits per heavy atom. The predicted molar refractivity (Wildman–Crippen MR) is 111 cm³/mol. The van der Waals surface area contributed by atoms with Gasteiger partial charge in [0.05, 0.1) is 23.4 Å². The van der Waals surface area contributed by atoms with E-state index in [1.54, 1.807) is 24.1 Å². The molecule has 2 amide bonds. The van der Waals surface area contributed by atoms with Gasteiger partial charge >= 0.3 is 6.03 Å². The van der Waals surface area contributed by atoms with Gasteiger partial charge in [-0.05, 0) is 31.2 Å². The summed E-state index contributed by atoms with van der Waals surface area (Å²) in [6.45, 7) is 2.25. The number of aryl methyl sites for hydroxylation is 1. The lowest BCUT2D eigenvalue weighted by molar-refractivity contribution is 0.219. The summed E-state index contributed by atoms with van der Waals surface area (Å²) in [6, 6.07) is 13.0. The average molecular weight is 384 g/mol. The van der Waals surface area contributed by atoms with Gasteiger partial charge < -0.3 is 15.1 Å². The third kappa shape index (κ3) is 4.28. The number of hydrogen-bond acceptors (Lipinski definition) is 4. The topological polar surface area (TPSA) is 61.4 Å². The fourth-order valence-electron chi connectivity index (χ4n) is 2.86. The number of anilines is 2. The molecule has 0 fully saturated rings. The summed E-state index contributed by atoms with van der Waals surface area (Å²) >= 11 is 6.08. The van der Waals surface area contributed by atoms with Crippen LogP contribution < -0.4 is 10.2 Å². The van der Waals surface area contributed by atoms with E-state index < -0.39 is 0 Å². The van der Waals surface area contributed by atoms with Crippen molar-refractivity contribution in [2.24, 2.45) is 0 Å². The van der Waals surface area contributed by atoms with Crippen molar-refractivity contribution in [1.29, 1.82) is 0 Å². The first-order chi connectivity index (χ1) is 12.8. The molecule has 0 unspecified atom stereocenters. The number of nitrogens with zero attached hydrogens (tertiary/aromatic N) is 4. The van der Waals surface area contributed by atoms with Gasteiger partial charge in [-0.2, -0.15) is 0 Å². The summed E-state index contributed by atoms with van der Waals surface area (Å²) in [4.78, 5) is 25.2. The zero-order valence-corrected chi connectivity index (χ0v) is 16.6. The Morgan fingerprint density at radius 1 is 1.11 bits per heavy atom. The molecule has 3 rings (SSSR count). The first-order valence-electron chi connectivity index (χ1n) is 8.56. The van der Waals surface area contributed by atoms with Crippen LogP contribution in [0.1, 0.15) is 11.5 Å². The summed E-state index contributed by atoms with van der Waals surface area (Å²) in [5, 5.41) is 4.49. The molecule has 140 valence electrons. The Labute approximate surface area is 163 Å². The van der Waals surface area contributed by atoms with Gasteiger partial charge in [-0.1, -0.05) is 29.8 Å². The van der Waals surface area contributed by atoms with E-state index in [2.05, 4.69) is 15.3 Å². The van der Waals surface area contributed by atoms with Crippen LogP contribution in [0.4, 0.5) is 16.2 Å². The highest BCUT2D eigenvalue weighted by molar-refractivity contribution is 6.31. The highest BCUT2D eigenvalue weighted by Gasteiger charge is 2.15. The first-order valence-corrected chi connectivity index (χ1v) is 8.94. The molecule has 0 saturated carbocycles. The van der Waals surface area contributed by atoms with E-state index in [0.29, 0.717) is 23.1 Å². The van der Waals surface area contributed by atoms with Crippen molar-refractivity contribution in [1.82, 2.24) is 14.9 Å². The lowest BCUT2D eigenvalue weighted by Crippen LogP contribution is -2.32. The molecular weight excluding hydrogens is 362 g/mol. The van der Waals surface area contributed by atoms with E-state index >= 15 is 0 Å². The minimum absolute atomic E-state index is 0.255. The number of benzene rings is 2. The maximum atomic E-state index is 12.6. The monoisotopic (exact) mass is 383 g/mol. The largest absolute Gasteiger partial charge is 0.376 e. The van der Waals surface area contributed by atoms with Crippen molar-refractivity contribution in [3.63, 3.8) is 0 Å². The summed E-state index contributed by atoms with van der Waals surface area (Å²) in [6.07, 6.45) is 0. The smallest absolute Gasteiger partial charge is 0.322 e. The maximum Gasteiger partial charge on any atom is 0.322 e. The SMILES string of the molecule is Cc1nc(CN(C)C(=O)Nc2cc(Cl)ccc2N(C)C)nc2ccccc12. The Bertz CT molecular complexity index is 989. The van der Waals surface area contributed by atoms with Gasteiger partial charge in [-0.15, -0.1) is 0 Å². The van der Waals surface area contributed by atoms with Gasteiger partial charge in [0.25, 0.3) is 0 Å². The predicted octanol–water partition coefficient (Wildman–Crippen LogP) is 4.32. The number of carbonyl (C=O) groups is 1. The number of nitrogens with one attached hydrogen (secondary N) is 1. The van der Waals surface area contributed by atoms with Crippen molar-refractivity contribution in [2.45, 2.75) is 13.5 Å². The molecule has 0 saturated heterocycles. The van der Waals surface area contributed by atoms with E-state index in [0.717, 1.165) is 22.3 Å². The first kappa shape index (κ1) is 18.9. The summed E-state index contributed by atoms with van der Waals surface area (Å²) in [5.41, 5.74) is 3.30. The van der Waals surface area contributed by atoms with Crippen LogP contribution in [0.25, 0.3) is 10.9 Å². The third-order valence-corrected chi connectivity index (χ3v) is 4.48. The third-order valence-electron chi connectivity index (χ3n) is 4.25. The quantitative estimate of drug-likeness (QED) is 0.728. The van der Waals surface area contributed by atoms with Gasteiger partial charge in [0.1, 0.15) is 5.82 Å². The molecule has 0 spiro atoms. The number of aromatic nitrogens is 2. The Kier molecular flexibility index (Phi) is 5.46. The van der Waals surface area contributed by atoms with Crippen molar-refractivity contribution in [3.05, 3.63) is 59.0 Å². The molecular formula is C20H22ClN5O. The van der Waals surface area contributed by atoms with Crippen LogP contribution in [-0.2, 0) is 6.54 Å². The molecule has 1 N–H and O–H groups in total. The highest BCUT2D eigenvalue weighted by atomic mass is 35.5. The molecule has 3 aromatic rings. The van der Waals surface area contributed by atoms with Gasteiger partial charge in [0.2, 0.25) is 0 Å².